The van der Waals surface area contributed by atoms with Crippen LogP contribution in [0.2, 0.25) is 0 Å². The number of nitrogens with two attached hydrogens (primary N) is 1. The predicted molar refractivity (Wildman–Crippen MR) is 79.4 cm³/mol. The van der Waals surface area contributed by atoms with Crippen LogP contribution in [-0.2, 0) is 0 Å². The fraction of sp³-hybridized carbons (Fsp3) is 0.333. The molecule has 0 atom stereocenters. The van der Waals surface area contributed by atoms with Crippen LogP contribution in [0, 0.1) is 0 Å². The number of aliphatic hydroxyl groups excluding tert-OH is 1. The number of fused-ring (bicyclic) bond motifs is 1. The largest absolute Gasteiger partial charge is 0.396 e. The Labute approximate surface area is 118 Å². The van der Waals surface area contributed by atoms with Gasteiger partial charge in [-0.25, -0.2) is 4.98 Å². The van der Waals surface area contributed by atoms with Crippen molar-refractivity contribution in [1.82, 2.24) is 9.88 Å². The van der Waals surface area contributed by atoms with E-state index in [0.29, 0.717) is 30.9 Å². The third-order valence-corrected chi connectivity index (χ3v) is 3.31. The summed E-state index contributed by atoms with van der Waals surface area (Å²) in [6, 6.07) is 7.49. The molecule has 0 bridgehead atoms. The molecule has 5 nitrogen and oxygen atoms in total. The van der Waals surface area contributed by atoms with E-state index in [1.807, 2.05) is 31.2 Å². The van der Waals surface area contributed by atoms with E-state index in [4.69, 9.17) is 10.8 Å². The number of benzene rings is 1. The lowest BCUT2D eigenvalue weighted by molar-refractivity contribution is 0.0756. The molecule has 0 aliphatic heterocycles. The maximum atomic E-state index is 12.6. The first kappa shape index (κ1) is 14.3. The Morgan fingerprint density at radius 3 is 2.70 bits per heavy atom. The molecule has 2 aromatic rings. The summed E-state index contributed by atoms with van der Waals surface area (Å²) < 4.78 is 0. The Morgan fingerprint density at radius 2 is 2.05 bits per heavy atom. The number of anilines is 1. The first-order chi connectivity index (χ1) is 9.69. The second-order valence-electron chi connectivity index (χ2n) is 4.56. The first-order valence-electron chi connectivity index (χ1n) is 6.72. The Morgan fingerprint density at radius 1 is 1.35 bits per heavy atom. The van der Waals surface area contributed by atoms with Crippen molar-refractivity contribution in [1.29, 1.82) is 0 Å². The average molecular weight is 273 g/mol. The minimum Gasteiger partial charge on any atom is -0.396 e. The van der Waals surface area contributed by atoms with Crippen molar-refractivity contribution in [3.63, 3.8) is 0 Å². The fourth-order valence-corrected chi connectivity index (χ4v) is 2.22. The summed E-state index contributed by atoms with van der Waals surface area (Å²) in [5, 5.41) is 10.5. The van der Waals surface area contributed by atoms with Crippen molar-refractivity contribution in [2.45, 2.75) is 13.3 Å². The first-order valence-corrected chi connectivity index (χ1v) is 6.72. The summed E-state index contributed by atoms with van der Waals surface area (Å²) in [4.78, 5) is 18.4. The normalized spacial score (nSPS) is 10.7. The molecule has 0 aliphatic rings. The molecule has 0 fully saturated rings. The molecule has 3 N–H and O–H groups in total. The van der Waals surface area contributed by atoms with Gasteiger partial charge in [0, 0.05) is 31.3 Å². The molecule has 1 aromatic heterocycles. The number of aliphatic hydroxyl groups is 1. The van der Waals surface area contributed by atoms with Crippen LogP contribution in [0.4, 0.5) is 5.82 Å². The van der Waals surface area contributed by atoms with Crippen LogP contribution in [0.15, 0.2) is 30.5 Å². The molecule has 0 spiro atoms. The summed E-state index contributed by atoms with van der Waals surface area (Å²) in [6.07, 6.45) is 2.10. The lowest BCUT2D eigenvalue weighted by Crippen LogP contribution is -2.32. The van der Waals surface area contributed by atoms with E-state index in [0.717, 1.165) is 10.8 Å². The predicted octanol–water partition coefficient (Wildman–Crippen LogP) is 1.66. The van der Waals surface area contributed by atoms with Crippen LogP contribution in [-0.4, -0.2) is 40.6 Å². The highest BCUT2D eigenvalue weighted by Gasteiger charge is 2.17. The molecule has 0 aliphatic carbocycles. The maximum Gasteiger partial charge on any atom is 0.256 e. The molecule has 2 rings (SSSR count). The molecular formula is C15H19N3O2. The number of nitrogen functional groups attached to an aromatic ring is 1. The lowest BCUT2D eigenvalue weighted by atomic mass is 10.1. The lowest BCUT2D eigenvalue weighted by Gasteiger charge is -2.21. The molecule has 0 unspecified atom stereocenters. The second-order valence-corrected chi connectivity index (χ2v) is 4.56. The number of carbonyl (C=O) groups excluding carboxylic acids is 1. The third kappa shape index (κ3) is 2.72. The van der Waals surface area contributed by atoms with Gasteiger partial charge in [0.25, 0.3) is 5.91 Å². The Balaban J connectivity index is 2.41. The van der Waals surface area contributed by atoms with Gasteiger partial charge in [0.2, 0.25) is 0 Å². The Bertz CT molecular complexity index is 613. The molecule has 1 amide bonds. The molecule has 0 saturated heterocycles. The van der Waals surface area contributed by atoms with E-state index in [-0.39, 0.29) is 12.5 Å². The number of hydrogen-bond donors (Lipinski definition) is 2. The highest BCUT2D eigenvalue weighted by molar-refractivity contribution is 6.08. The van der Waals surface area contributed by atoms with Crippen LogP contribution in [0.3, 0.4) is 0 Å². The smallest absolute Gasteiger partial charge is 0.256 e. The minimum absolute atomic E-state index is 0.0739. The average Bonchev–Trinajstić information content (AvgIpc) is 2.48. The van der Waals surface area contributed by atoms with Gasteiger partial charge in [-0.3, -0.25) is 4.79 Å². The number of aromatic nitrogens is 1. The zero-order valence-electron chi connectivity index (χ0n) is 11.5. The molecule has 5 heteroatoms. The van der Waals surface area contributed by atoms with E-state index in [1.54, 1.807) is 4.90 Å². The highest BCUT2D eigenvalue weighted by Crippen LogP contribution is 2.23. The van der Waals surface area contributed by atoms with Crippen LogP contribution in [0.25, 0.3) is 10.8 Å². The molecule has 0 saturated carbocycles. The highest BCUT2D eigenvalue weighted by atomic mass is 16.3. The van der Waals surface area contributed by atoms with Crippen molar-refractivity contribution in [3.8, 4) is 0 Å². The zero-order chi connectivity index (χ0) is 14.5. The van der Waals surface area contributed by atoms with Gasteiger partial charge < -0.3 is 15.7 Å². The fourth-order valence-electron chi connectivity index (χ4n) is 2.22. The molecule has 106 valence electrons. The number of amides is 1. The van der Waals surface area contributed by atoms with Crippen LogP contribution >= 0.6 is 0 Å². The quantitative estimate of drug-likeness (QED) is 0.868. The number of carbonyl (C=O) groups is 1. The van der Waals surface area contributed by atoms with Gasteiger partial charge in [-0.2, -0.15) is 0 Å². The maximum absolute atomic E-state index is 12.6. The second kappa shape index (κ2) is 6.34. The molecule has 20 heavy (non-hydrogen) atoms. The number of rotatable bonds is 5. The number of hydrogen-bond acceptors (Lipinski definition) is 4. The number of nitrogens with zero attached hydrogens (tertiary/aromatic N) is 2. The van der Waals surface area contributed by atoms with Gasteiger partial charge >= 0.3 is 0 Å². The van der Waals surface area contributed by atoms with E-state index >= 15 is 0 Å². The molecular weight excluding hydrogens is 254 g/mol. The summed E-state index contributed by atoms with van der Waals surface area (Å²) >= 11 is 0. The third-order valence-electron chi connectivity index (χ3n) is 3.31. The Kier molecular flexibility index (Phi) is 4.53. The summed E-state index contributed by atoms with van der Waals surface area (Å²) in [5.74, 6) is 0.347. The zero-order valence-corrected chi connectivity index (χ0v) is 11.5. The van der Waals surface area contributed by atoms with Crippen LogP contribution in [0.5, 0.6) is 0 Å². The van der Waals surface area contributed by atoms with Gasteiger partial charge in [-0.1, -0.05) is 24.3 Å². The van der Waals surface area contributed by atoms with Crippen molar-refractivity contribution in [2.75, 3.05) is 25.4 Å². The molecule has 1 heterocycles. The van der Waals surface area contributed by atoms with Gasteiger partial charge in [0.15, 0.2) is 0 Å². The van der Waals surface area contributed by atoms with Crippen molar-refractivity contribution >= 4 is 22.5 Å². The minimum atomic E-state index is -0.0790. The molecule has 0 radical (unpaired) electrons. The van der Waals surface area contributed by atoms with Crippen molar-refractivity contribution in [2.24, 2.45) is 0 Å². The van der Waals surface area contributed by atoms with Crippen LogP contribution in [0.1, 0.15) is 23.7 Å². The van der Waals surface area contributed by atoms with Gasteiger partial charge in [-0.05, 0) is 18.7 Å². The van der Waals surface area contributed by atoms with E-state index in [1.165, 1.54) is 6.20 Å². The summed E-state index contributed by atoms with van der Waals surface area (Å²) in [7, 11) is 0. The summed E-state index contributed by atoms with van der Waals surface area (Å²) in [5.41, 5.74) is 6.40. The van der Waals surface area contributed by atoms with E-state index in [9.17, 15) is 4.79 Å². The van der Waals surface area contributed by atoms with Crippen molar-refractivity contribution < 1.29 is 9.90 Å². The number of pyridine rings is 1. The van der Waals surface area contributed by atoms with Gasteiger partial charge in [0.1, 0.15) is 5.82 Å². The van der Waals surface area contributed by atoms with Crippen LogP contribution < -0.4 is 5.73 Å². The van der Waals surface area contributed by atoms with Gasteiger partial charge in [0.05, 0.1) is 5.56 Å². The topological polar surface area (TPSA) is 79.5 Å². The van der Waals surface area contributed by atoms with E-state index in [2.05, 4.69) is 4.98 Å². The van der Waals surface area contributed by atoms with E-state index < -0.39 is 0 Å². The summed E-state index contributed by atoms with van der Waals surface area (Å²) in [6.45, 7) is 3.12. The molecule has 1 aromatic carbocycles. The van der Waals surface area contributed by atoms with Gasteiger partial charge in [-0.15, -0.1) is 0 Å². The van der Waals surface area contributed by atoms with Crippen molar-refractivity contribution in [3.05, 3.63) is 36.0 Å². The standard InChI is InChI=1S/C15H19N3O2/c1-2-18(8-5-9-19)15(20)13-10-17-14(16)12-7-4-3-6-11(12)13/h3-4,6-7,10,19H,2,5,8-9H2,1H3,(H2,16,17). The monoisotopic (exact) mass is 273 g/mol. The SMILES string of the molecule is CCN(CCCO)C(=O)c1cnc(N)c2ccccc12. The Hall–Kier alpha value is -2.14.